The maximum absolute atomic E-state index is 13.4. The molecule has 0 saturated carbocycles. The van der Waals surface area contributed by atoms with Crippen molar-refractivity contribution >= 4 is 10.0 Å². The van der Waals surface area contributed by atoms with Crippen LogP contribution in [-0.2, 0) is 15.8 Å². The fraction of sp³-hybridized carbons (Fsp3) is 0.333. The molecular formula is C21H23FN4O3S. The van der Waals surface area contributed by atoms with Crippen molar-refractivity contribution < 1.29 is 17.3 Å². The Hall–Kier alpha value is -2.62. The number of hydrogen-bond donors (Lipinski definition) is 0. The molecular weight excluding hydrogens is 407 g/mol. The zero-order valence-electron chi connectivity index (χ0n) is 16.6. The summed E-state index contributed by atoms with van der Waals surface area (Å²) in [7, 11) is -3.51. The van der Waals surface area contributed by atoms with Gasteiger partial charge in [0.15, 0.2) is 0 Å². The predicted molar refractivity (Wildman–Crippen MR) is 110 cm³/mol. The van der Waals surface area contributed by atoms with Crippen molar-refractivity contribution in [2.75, 3.05) is 26.2 Å². The number of sulfonamides is 1. The number of hydrogen-bond acceptors (Lipinski definition) is 6. The van der Waals surface area contributed by atoms with E-state index in [1.54, 1.807) is 6.07 Å². The van der Waals surface area contributed by atoms with Crippen LogP contribution >= 0.6 is 0 Å². The molecule has 1 unspecified atom stereocenters. The molecule has 4 rings (SSSR count). The van der Waals surface area contributed by atoms with Crippen molar-refractivity contribution in [3.8, 4) is 11.4 Å². The lowest BCUT2D eigenvalue weighted by atomic mass is 10.2. The van der Waals surface area contributed by atoms with E-state index in [1.165, 1.54) is 22.5 Å². The van der Waals surface area contributed by atoms with Crippen molar-refractivity contribution in [3.05, 3.63) is 71.9 Å². The van der Waals surface area contributed by atoms with Crippen molar-refractivity contribution in [1.29, 1.82) is 0 Å². The number of aromatic nitrogens is 2. The van der Waals surface area contributed by atoms with E-state index in [0.29, 0.717) is 43.5 Å². The van der Waals surface area contributed by atoms with Gasteiger partial charge >= 0.3 is 0 Å². The van der Waals surface area contributed by atoms with Gasteiger partial charge in [0.1, 0.15) is 5.82 Å². The first kappa shape index (κ1) is 20.6. The molecule has 0 aliphatic carbocycles. The molecule has 158 valence electrons. The Morgan fingerprint density at radius 2 is 1.80 bits per heavy atom. The summed E-state index contributed by atoms with van der Waals surface area (Å²) in [4.78, 5) is 6.62. The molecule has 0 amide bonds. The van der Waals surface area contributed by atoms with Crippen LogP contribution in [0.15, 0.2) is 59.1 Å². The van der Waals surface area contributed by atoms with Crippen LogP contribution in [0.1, 0.15) is 24.4 Å². The molecule has 0 N–H and O–H groups in total. The molecule has 3 aromatic rings. The van der Waals surface area contributed by atoms with Gasteiger partial charge in [-0.15, -0.1) is 0 Å². The van der Waals surface area contributed by atoms with Crippen LogP contribution in [0.25, 0.3) is 11.4 Å². The first-order valence-electron chi connectivity index (χ1n) is 9.78. The third-order valence-electron chi connectivity index (χ3n) is 5.28. The van der Waals surface area contributed by atoms with Crippen LogP contribution in [0, 0.1) is 5.82 Å². The average Bonchev–Trinajstić information content (AvgIpc) is 3.24. The van der Waals surface area contributed by atoms with Gasteiger partial charge in [0.2, 0.25) is 21.7 Å². The van der Waals surface area contributed by atoms with E-state index in [9.17, 15) is 12.8 Å². The van der Waals surface area contributed by atoms with Crippen molar-refractivity contribution in [2.45, 2.75) is 18.7 Å². The lowest BCUT2D eigenvalue weighted by Gasteiger charge is -2.36. The summed E-state index contributed by atoms with van der Waals surface area (Å²) < 4.78 is 45.7. The van der Waals surface area contributed by atoms with E-state index in [0.717, 1.165) is 5.56 Å². The maximum atomic E-state index is 13.4. The molecule has 1 atom stereocenters. The van der Waals surface area contributed by atoms with Crippen molar-refractivity contribution in [1.82, 2.24) is 19.3 Å². The standard InChI is InChI=1S/C21H23FN4O3S/c1-16(21-23-20(24-29-21)18-7-3-2-4-8-18)25-10-12-26(13-11-25)30(27,28)15-17-6-5-9-19(22)14-17/h2-9,14,16H,10-13,15H2,1H3. The van der Waals surface area contributed by atoms with Crippen molar-refractivity contribution in [2.24, 2.45) is 0 Å². The van der Waals surface area contributed by atoms with E-state index >= 15 is 0 Å². The summed E-state index contributed by atoms with van der Waals surface area (Å²) >= 11 is 0. The zero-order valence-corrected chi connectivity index (χ0v) is 17.4. The minimum absolute atomic E-state index is 0.122. The zero-order chi connectivity index (χ0) is 21.1. The molecule has 9 heteroatoms. The molecule has 7 nitrogen and oxygen atoms in total. The monoisotopic (exact) mass is 430 g/mol. The van der Waals surface area contributed by atoms with Crippen LogP contribution in [0.3, 0.4) is 0 Å². The second-order valence-electron chi connectivity index (χ2n) is 7.32. The van der Waals surface area contributed by atoms with Gasteiger partial charge in [0.25, 0.3) is 0 Å². The average molecular weight is 431 g/mol. The Labute approximate surface area is 175 Å². The van der Waals surface area contributed by atoms with Crippen LogP contribution in [0.2, 0.25) is 0 Å². The largest absolute Gasteiger partial charge is 0.337 e. The molecule has 2 heterocycles. The van der Waals surface area contributed by atoms with Crippen LogP contribution < -0.4 is 0 Å². The lowest BCUT2D eigenvalue weighted by molar-refractivity contribution is 0.124. The summed E-state index contributed by atoms with van der Waals surface area (Å²) in [6, 6.07) is 15.2. The minimum Gasteiger partial charge on any atom is -0.337 e. The van der Waals surface area contributed by atoms with E-state index in [1.807, 2.05) is 37.3 Å². The molecule has 1 saturated heterocycles. The van der Waals surface area contributed by atoms with E-state index in [4.69, 9.17) is 4.52 Å². The second-order valence-corrected chi connectivity index (χ2v) is 9.29. The molecule has 1 fully saturated rings. The van der Waals surface area contributed by atoms with Gasteiger partial charge in [-0.05, 0) is 24.6 Å². The Bertz CT molecular complexity index is 1100. The highest BCUT2D eigenvalue weighted by atomic mass is 32.2. The topological polar surface area (TPSA) is 79.5 Å². The Morgan fingerprint density at radius 3 is 2.50 bits per heavy atom. The molecule has 1 aliphatic rings. The number of benzene rings is 2. The van der Waals surface area contributed by atoms with Gasteiger partial charge in [-0.2, -0.15) is 9.29 Å². The highest BCUT2D eigenvalue weighted by Crippen LogP contribution is 2.24. The molecule has 2 aromatic carbocycles. The molecule has 0 spiro atoms. The highest BCUT2D eigenvalue weighted by molar-refractivity contribution is 7.88. The van der Waals surface area contributed by atoms with Crippen molar-refractivity contribution in [3.63, 3.8) is 0 Å². The molecule has 0 bridgehead atoms. The third-order valence-corrected chi connectivity index (χ3v) is 7.13. The Balaban J connectivity index is 1.38. The molecule has 0 radical (unpaired) electrons. The Kier molecular flexibility index (Phi) is 5.94. The maximum Gasteiger partial charge on any atom is 0.244 e. The number of nitrogens with zero attached hydrogens (tertiary/aromatic N) is 4. The number of halogens is 1. The molecule has 1 aromatic heterocycles. The van der Waals surface area contributed by atoms with Gasteiger partial charge in [-0.25, -0.2) is 12.8 Å². The summed E-state index contributed by atoms with van der Waals surface area (Å²) in [5.74, 6) is 0.402. The summed E-state index contributed by atoms with van der Waals surface area (Å²) in [5, 5.41) is 4.06. The van der Waals surface area contributed by atoms with E-state index in [-0.39, 0.29) is 11.8 Å². The Morgan fingerprint density at radius 1 is 1.07 bits per heavy atom. The minimum atomic E-state index is -3.51. The third kappa shape index (κ3) is 4.58. The first-order chi connectivity index (χ1) is 14.4. The van der Waals surface area contributed by atoms with Crippen LogP contribution in [0.5, 0.6) is 0 Å². The summed E-state index contributed by atoms with van der Waals surface area (Å²) in [6.07, 6.45) is 0. The quantitative estimate of drug-likeness (QED) is 0.598. The lowest BCUT2D eigenvalue weighted by Crippen LogP contribution is -2.49. The van der Waals surface area contributed by atoms with Gasteiger partial charge in [-0.3, -0.25) is 4.90 Å². The fourth-order valence-electron chi connectivity index (χ4n) is 3.56. The van der Waals surface area contributed by atoms with Gasteiger partial charge in [-0.1, -0.05) is 47.6 Å². The van der Waals surface area contributed by atoms with E-state index in [2.05, 4.69) is 15.0 Å². The number of rotatable bonds is 6. The van der Waals surface area contributed by atoms with Crippen LogP contribution in [0.4, 0.5) is 4.39 Å². The smallest absolute Gasteiger partial charge is 0.244 e. The van der Waals surface area contributed by atoms with Gasteiger partial charge in [0, 0.05) is 31.7 Å². The molecule has 30 heavy (non-hydrogen) atoms. The fourth-order valence-corrected chi connectivity index (χ4v) is 5.07. The van der Waals surface area contributed by atoms with Gasteiger partial charge in [0.05, 0.1) is 11.8 Å². The first-order valence-corrected chi connectivity index (χ1v) is 11.4. The normalized spacial score (nSPS) is 17.1. The SMILES string of the molecule is CC(c1nc(-c2ccccc2)no1)N1CCN(S(=O)(=O)Cc2cccc(F)c2)CC1. The summed E-state index contributed by atoms with van der Waals surface area (Å²) in [5.41, 5.74) is 1.33. The second kappa shape index (κ2) is 8.63. The van der Waals surface area contributed by atoms with Crippen LogP contribution in [-0.4, -0.2) is 53.9 Å². The van der Waals surface area contributed by atoms with Gasteiger partial charge < -0.3 is 4.52 Å². The highest BCUT2D eigenvalue weighted by Gasteiger charge is 2.31. The summed E-state index contributed by atoms with van der Waals surface area (Å²) in [6.45, 7) is 3.79. The molecule has 1 aliphatic heterocycles. The predicted octanol–water partition coefficient (Wildman–Crippen LogP) is 3.08. The number of piperazine rings is 1. The van der Waals surface area contributed by atoms with E-state index < -0.39 is 15.8 Å².